The van der Waals surface area contributed by atoms with E-state index in [1.165, 1.54) is 4.80 Å². The molecule has 2 saturated heterocycles. The summed E-state index contributed by atoms with van der Waals surface area (Å²) in [5.41, 5.74) is 1.19. The van der Waals surface area contributed by atoms with Crippen LogP contribution in [0.2, 0.25) is 0 Å². The fourth-order valence-electron chi connectivity index (χ4n) is 4.60. The smallest absolute Gasteiger partial charge is 0.256 e. The van der Waals surface area contributed by atoms with Crippen LogP contribution >= 0.6 is 0 Å². The molecule has 5 rings (SSSR count). The van der Waals surface area contributed by atoms with E-state index in [2.05, 4.69) is 25.1 Å². The number of benzene rings is 1. The number of likely N-dealkylation sites (tertiary alicyclic amines) is 1. The number of carbonyl (C=O) groups is 1. The Kier molecular flexibility index (Phi) is 5.12. The van der Waals surface area contributed by atoms with Gasteiger partial charge >= 0.3 is 0 Å². The molecule has 2 aliphatic heterocycles. The van der Waals surface area contributed by atoms with Crippen molar-refractivity contribution in [1.29, 1.82) is 0 Å². The van der Waals surface area contributed by atoms with Gasteiger partial charge in [0.05, 0.1) is 25.1 Å². The third-order valence-electron chi connectivity index (χ3n) is 6.26. The highest BCUT2D eigenvalue weighted by molar-refractivity contribution is 5.98. The van der Waals surface area contributed by atoms with Crippen molar-refractivity contribution < 1.29 is 9.53 Å². The summed E-state index contributed by atoms with van der Waals surface area (Å²) in [5, 5.41) is 8.42. The molecule has 0 spiro atoms. The quantitative estimate of drug-likeness (QED) is 0.594. The van der Waals surface area contributed by atoms with Crippen molar-refractivity contribution in [2.24, 2.45) is 11.8 Å². The van der Waals surface area contributed by atoms with Gasteiger partial charge in [0.25, 0.3) is 5.91 Å². The van der Waals surface area contributed by atoms with Crippen LogP contribution in [0.1, 0.15) is 10.4 Å². The average Bonchev–Trinajstić information content (AvgIpc) is 3.55. The summed E-state index contributed by atoms with van der Waals surface area (Å²) in [6, 6.07) is 7.41. The molecule has 1 aromatic carbocycles. The van der Waals surface area contributed by atoms with E-state index in [4.69, 9.17) is 4.74 Å². The second-order valence-electron chi connectivity index (χ2n) is 8.47. The van der Waals surface area contributed by atoms with Gasteiger partial charge in [-0.15, -0.1) is 0 Å². The zero-order valence-electron chi connectivity index (χ0n) is 18.4. The minimum atomic E-state index is -0.00201. The monoisotopic (exact) mass is 434 g/mol. The van der Waals surface area contributed by atoms with E-state index in [9.17, 15) is 4.79 Å². The highest BCUT2D eigenvalue weighted by Crippen LogP contribution is 2.35. The van der Waals surface area contributed by atoms with Crippen LogP contribution in [-0.4, -0.2) is 83.2 Å². The normalized spacial score (nSPS) is 19.8. The number of aromatic nitrogens is 5. The number of fused-ring (bicyclic) bond motifs is 1. The molecule has 0 aliphatic carbocycles. The van der Waals surface area contributed by atoms with Gasteiger partial charge in [-0.05, 0) is 12.1 Å². The van der Waals surface area contributed by atoms with Gasteiger partial charge in [-0.25, -0.2) is 9.97 Å². The molecule has 2 aliphatic rings. The maximum absolute atomic E-state index is 13.4. The zero-order valence-corrected chi connectivity index (χ0v) is 18.4. The van der Waals surface area contributed by atoms with Gasteiger partial charge in [0.15, 0.2) is 0 Å². The number of carbonyl (C=O) groups excluding carboxylic acids is 1. The lowest BCUT2D eigenvalue weighted by Gasteiger charge is -2.24. The SMILES string of the molecule is COc1ccc(C(=O)N2CC3CN(c4cc(N(C)C)ncn4)CC3C2)c(-n2nccn2)c1. The minimum absolute atomic E-state index is 0.00201. The first-order valence-corrected chi connectivity index (χ1v) is 10.6. The third kappa shape index (κ3) is 3.61. The highest BCUT2D eigenvalue weighted by atomic mass is 16.5. The maximum atomic E-state index is 13.4. The molecular weight excluding hydrogens is 408 g/mol. The van der Waals surface area contributed by atoms with E-state index in [0.717, 1.165) is 37.8 Å². The number of rotatable bonds is 5. The Morgan fingerprint density at radius 3 is 2.41 bits per heavy atom. The van der Waals surface area contributed by atoms with Crippen LogP contribution < -0.4 is 14.5 Å². The Morgan fingerprint density at radius 2 is 1.75 bits per heavy atom. The molecule has 4 heterocycles. The summed E-state index contributed by atoms with van der Waals surface area (Å²) in [4.78, 5) is 29.9. The summed E-state index contributed by atoms with van der Waals surface area (Å²) >= 11 is 0. The molecule has 3 aromatic rings. The first-order chi connectivity index (χ1) is 15.5. The number of hydrogen-bond donors (Lipinski definition) is 0. The summed E-state index contributed by atoms with van der Waals surface area (Å²) in [7, 11) is 5.55. The fourth-order valence-corrected chi connectivity index (χ4v) is 4.60. The zero-order chi connectivity index (χ0) is 22.2. The Labute approximate surface area is 186 Å². The van der Waals surface area contributed by atoms with Gasteiger partial charge < -0.3 is 19.4 Å². The van der Waals surface area contributed by atoms with Gasteiger partial charge in [-0.3, -0.25) is 4.79 Å². The number of anilines is 2. The largest absolute Gasteiger partial charge is 0.497 e. The van der Waals surface area contributed by atoms with Crippen LogP contribution in [-0.2, 0) is 0 Å². The van der Waals surface area contributed by atoms with Gasteiger partial charge in [0.2, 0.25) is 0 Å². The lowest BCUT2D eigenvalue weighted by atomic mass is 10.0. The number of ether oxygens (including phenoxy) is 1. The number of amides is 1. The molecule has 2 unspecified atom stereocenters. The Morgan fingerprint density at radius 1 is 1.03 bits per heavy atom. The summed E-state index contributed by atoms with van der Waals surface area (Å²) < 4.78 is 5.34. The number of methoxy groups -OCH3 is 1. The topological polar surface area (TPSA) is 92.5 Å². The van der Waals surface area contributed by atoms with Crippen LogP contribution in [0.4, 0.5) is 11.6 Å². The van der Waals surface area contributed by atoms with Crippen LogP contribution in [0.15, 0.2) is 43.0 Å². The van der Waals surface area contributed by atoms with Crippen molar-refractivity contribution in [3.63, 3.8) is 0 Å². The molecule has 10 heteroatoms. The van der Waals surface area contributed by atoms with Crippen molar-refractivity contribution in [3.8, 4) is 11.4 Å². The fraction of sp³-hybridized carbons (Fsp3) is 0.409. The van der Waals surface area contributed by atoms with E-state index < -0.39 is 0 Å². The van der Waals surface area contributed by atoms with Gasteiger partial charge in [-0.1, -0.05) is 0 Å². The molecular formula is C22H26N8O2. The van der Waals surface area contributed by atoms with Crippen molar-refractivity contribution in [1.82, 2.24) is 29.9 Å². The number of hydrogen-bond acceptors (Lipinski definition) is 8. The Bertz CT molecular complexity index is 1100. The summed E-state index contributed by atoms with van der Waals surface area (Å²) in [5.74, 6) is 3.33. The molecule has 0 saturated carbocycles. The van der Waals surface area contributed by atoms with Gasteiger partial charge in [0.1, 0.15) is 29.4 Å². The van der Waals surface area contributed by atoms with E-state index in [1.807, 2.05) is 30.0 Å². The van der Waals surface area contributed by atoms with Crippen molar-refractivity contribution in [2.75, 3.05) is 57.2 Å². The van der Waals surface area contributed by atoms with Crippen molar-refractivity contribution >= 4 is 17.5 Å². The third-order valence-corrected chi connectivity index (χ3v) is 6.26. The molecule has 2 aromatic heterocycles. The lowest BCUT2D eigenvalue weighted by Crippen LogP contribution is -2.34. The maximum Gasteiger partial charge on any atom is 0.256 e. The lowest BCUT2D eigenvalue weighted by molar-refractivity contribution is 0.0782. The number of nitrogens with zero attached hydrogens (tertiary/aromatic N) is 8. The molecule has 166 valence electrons. The molecule has 2 fully saturated rings. The van der Waals surface area contributed by atoms with E-state index in [-0.39, 0.29) is 5.91 Å². The van der Waals surface area contributed by atoms with E-state index >= 15 is 0 Å². The Hall–Kier alpha value is -3.69. The van der Waals surface area contributed by atoms with Crippen molar-refractivity contribution in [3.05, 3.63) is 48.5 Å². The average molecular weight is 435 g/mol. The van der Waals surface area contributed by atoms with Crippen molar-refractivity contribution in [2.45, 2.75) is 0 Å². The molecule has 32 heavy (non-hydrogen) atoms. The Balaban J connectivity index is 1.32. The standard InChI is InChI=1S/C22H26N8O2/c1-27(2)20-9-21(24-14-23-20)28-10-15-12-29(13-16(15)11-28)22(31)18-5-4-17(32-3)8-19(18)30-25-6-7-26-30/h4-9,14-16H,10-13H2,1-3H3. The van der Waals surface area contributed by atoms with E-state index in [1.54, 1.807) is 44.0 Å². The van der Waals surface area contributed by atoms with Crippen LogP contribution in [0, 0.1) is 11.8 Å². The predicted molar refractivity (Wildman–Crippen MR) is 119 cm³/mol. The summed E-state index contributed by atoms with van der Waals surface area (Å²) in [6.07, 6.45) is 4.80. The molecule has 10 nitrogen and oxygen atoms in total. The second-order valence-corrected chi connectivity index (χ2v) is 8.47. The predicted octanol–water partition coefficient (Wildman–Crippen LogP) is 1.34. The minimum Gasteiger partial charge on any atom is -0.497 e. The van der Waals surface area contributed by atoms with Crippen LogP contribution in [0.5, 0.6) is 5.75 Å². The highest BCUT2D eigenvalue weighted by Gasteiger charge is 2.42. The molecule has 0 radical (unpaired) electrons. The summed E-state index contributed by atoms with van der Waals surface area (Å²) in [6.45, 7) is 3.22. The molecule has 2 atom stereocenters. The first-order valence-electron chi connectivity index (χ1n) is 10.6. The second kappa shape index (κ2) is 8.10. The molecule has 1 amide bonds. The molecule has 0 N–H and O–H groups in total. The van der Waals surface area contributed by atoms with Crippen LogP contribution in [0.3, 0.4) is 0 Å². The van der Waals surface area contributed by atoms with Gasteiger partial charge in [0, 0.05) is 64.2 Å². The van der Waals surface area contributed by atoms with Crippen LogP contribution in [0.25, 0.3) is 5.69 Å². The van der Waals surface area contributed by atoms with Gasteiger partial charge in [-0.2, -0.15) is 15.0 Å². The first kappa shape index (κ1) is 20.2. The molecule has 0 bridgehead atoms. The van der Waals surface area contributed by atoms with E-state index in [0.29, 0.717) is 28.8 Å².